The van der Waals surface area contributed by atoms with Crippen molar-refractivity contribution in [3.8, 4) is 0 Å². The fraction of sp³-hybridized carbons (Fsp3) is 0.571. The molecule has 2 N–H and O–H groups in total. The van der Waals surface area contributed by atoms with Crippen LogP contribution >= 0.6 is 12.4 Å². The molecule has 0 saturated heterocycles. The minimum Gasteiger partial charge on any atom is -0.330 e. The van der Waals surface area contributed by atoms with Gasteiger partial charge in [-0.25, -0.2) is 0 Å². The van der Waals surface area contributed by atoms with Crippen LogP contribution in [0.1, 0.15) is 43.6 Å². The van der Waals surface area contributed by atoms with Crippen molar-refractivity contribution in [2.75, 3.05) is 6.54 Å². The third-order valence-corrected chi connectivity index (χ3v) is 3.69. The Labute approximate surface area is 105 Å². The zero-order chi connectivity index (χ0) is 10.5. The molecule has 1 aromatic carbocycles. The Morgan fingerprint density at radius 2 is 1.62 bits per heavy atom. The van der Waals surface area contributed by atoms with Crippen LogP contribution in [0.25, 0.3) is 0 Å². The van der Waals surface area contributed by atoms with Crippen molar-refractivity contribution in [2.45, 2.75) is 38.0 Å². The maximum absolute atomic E-state index is 5.61. The number of nitrogens with two attached hydrogens (primary N) is 1. The quantitative estimate of drug-likeness (QED) is 0.855. The van der Waals surface area contributed by atoms with Gasteiger partial charge in [-0.2, -0.15) is 0 Å². The summed E-state index contributed by atoms with van der Waals surface area (Å²) in [6, 6.07) is 11.0. The van der Waals surface area contributed by atoms with Crippen LogP contribution in [0, 0.1) is 5.92 Å². The smallest absolute Gasteiger partial charge is 0.00746 e. The van der Waals surface area contributed by atoms with Crippen LogP contribution in [0.5, 0.6) is 0 Å². The van der Waals surface area contributed by atoms with E-state index in [1.165, 1.54) is 37.7 Å². The number of benzene rings is 1. The Kier molecular flexibility index (Phi) is 5.86. The predicted molar refractivity (Wildman–Crippen MR) is 72.1 cm³/mol. The average molecular weight is 240 g/mol. The SMILES string of the molecule is Cl.NCCC1CCC(c2ccccc2)CC1. The van der Waals surface area contributed by atoms with E-state index in [1.54, 1.807) is 0 Å². The lowest BCUT2D eigenvalue weighted by molar-refractivity contribution is 0.313. The summed E-state index contributed by atoms with van der Waals surface area (Å²) in [5.41, 5.74) is 7.14. The highest BCUT2D eigenvalue weighted by Crippen LogP contribution is 2.36. The van der Waals surface area contributed by atoms with E-state index >= 15 is 0 Å². The molecule has 2 rings (SSSR count). The molecule has 0 heterocycles. The molecule has 0 aromatic heterocycles. The van der Waals surface area contributed by atoms with Crippen LogP contribution in [0.4, 0.5) is 0 Å². The first-order chi connectivity index (χ1) is 7.40. The number of rotatable bonds is 3. The first-order valence-corrected chi connectivity index (χ1v) is 6.15. The number of hydrogen-bond donors (Lipinski definition) is 1. The molecular weight excluding hydrogens is 218 g/mol. The molecular formula is C14H22ClN. The lowest BCUT2D eigenvalue weighted by Crippen LogP contribution is -2.16. The molecule has 16 heavy (non-hydrogen) atoms. The monoisotopic (exact) mass is 239 g/mol. The Balaban J connectivity index is 0.00000128. The maximum atomic E-state index is 5.61. The predicted octanol–water partition coefficient (Wildman–Crippen LogP) is 3.73. The molecule has 0 radical (unpaired) electrons. The van der Waals surface area contributed by atoms with Crippen LogP contribution in [0.3, 0.4) is 0 Å². The van der Waals surface area contributed by atoms with E-state index in [2.05, 4.69) is 30.3 Å². The molecule has 1 saturated carbocycles. The van der Waals surface area contributed by atoms with Crippen molar-refractivity contribution in [1.29, 1.82) is 0 Å². The van der Waals surface area contributed by atoms with Gasteiger partial charge < -0.3 is 5.73 Å². The third kappa shape index (κ3) is 3.50. The molecule has 90 valence electrons. The summed E-state index contributed by atoms with van der Waals surface area (Å²) in [5.74, 6) is 1.70. The molecule has 1 nitrogen and oxygen atoms in total. The van der Waals surface area contributed by atoms with Gasteiger partial charge in [0.2, 0.25) is 0 Å². The summed E-state index contributed by atoms with van der Waals surface area (Å²) in [5, 5.41) is 0. The molecule has 1 aliphatic rings. The van der Waals surface area contributed by atoms with Gasteiger partial charge in [-0.3, -0.25) is 0 Å². The summed E-state index contributed by atoms with van der Waals surface area (Å²) in [6.45, 7) is 0.862. The van der Waals surface area contributed by atoms with E-state index in [9.17, 15) is 0 Å². The van der Waals surface area contributed by atoms with Gasteiger partial charge in [0.15, 0.2) is 0 Å². The van der Waals surface area contributed by atoms with Gasteiger partial charge in [0.25, 0.3) is 0 Å². The Morgan fingerprint density at radius 1 is 1.00 bits per heavy atom. The topological polar surface area (TPSA) is 26.0 Å². The molecule has 0 amide bonds. The van der Waals surface area contributed by atoms with Crippen molar-refractivity contribution >= 4 is 12.4 Å². The number of halogens is 1. The highest BCUT2D eigenvalue weighted by atomic mass is 35.5. The van der Waals surface area contributed by atoms with Crippen molar-refractivity contribution in [3.05, 3.63) is 35.9 Å². The molecule has 0 aliphatic heterocycles. The first-order valence-electron chi connectivity index (χ1n) is 6.15. The van der Waals surface area contributed by atoms with E-state index < -0.39 is 0 Å². The molecule has 0 atom stereocenters. The normalized spacial score (nSPS) is 24.8. The van der Waals surface area contributed by atoms with Crippen LogP contribution in [-0.4, -0.2) is 6.54 Å². The zero-order valence-electron chi connectivity index (χ0n) is 9.77. The summed E-state index contributed by atoms with van der Waals surface area (Å²) >= 11 is 0. The maximum Gasteiger partial charge on any atom is -0.00746 e. The molecule has 0 unspecified atom stereocenters. The highest BCUT2D eigenvalue weighted by Gasteiger charge is 2.21. The van der Waals surface area contributed by atoms with Crippen LogP contribution in [0.2, 0.25) is 0 Å². The Hall–Kier alpha value is -0.530. The molecule has 2 heteroatoms. The standard InChI is InChI=1S/C14H21N.ClH/c15-11-10-12-6-8-14(9-7-12)13-4-2-1-3-5-13;/h1-5,12,14H,6-11,15H2;1H. The Morgan fingerprint density at radius 3 is 2.19 bits per heavy atom. The average Bonchev–Trinajstić information content (AvgIpc) is 2.32. The molecule has 1 aromatic rings. The van der Waals surface area contributed by atoms with Crippen LogP contribution in [-0.2, 0) is 0 Å². The summed E-state index contributed by atoms with van der Waals surface area (Å²) in [7, 11) is 0. The number of hydrogen-bond acceptors (Lipinski definition) is 1. The Bertz CT molecular complexity index is 278. The van der Waals surface area contributed by atoms with Crippen molar-refractivity contribution < 1.29 is 0 Å². The van der Waals surface area contributed by atoms with Gasteiger partial charge in [0.05, 0.1) is 0 Å². The minimum atomic E-state index is 0. The molecule has 0 spiro atoms. The first kappa shape index (κ1) is 13.5. The largest absolute Gasteiger partial charge is 0.330 e. The minimum absolute atomic E-state index is 0. The summed E-state index contributed by atoms with van der Waals surface area (Å²) in [4.78, 5) is 0. The van der Waals surface area contributed by atoms with E-state index in [-0.39, 0.29) is 12.4 Å². The fourth-order valence-electron chi connectivity index (χ4n) is 2.75. The van der Waals surface area contributed by atoms with E-state index in [0.29, 0.717) is 0 Å². The lowest BCUT2D eigenvalue weighted by atomic mass is 9.77. The molecule has 0 bridgehead atoms. The second-order valence-electron chi connectivity index (χ2n) is 4.71. The van der Waals surface area contributed by atoms with Crippen molar-refractivity contribution in [1.82, 2.24) is 0 Å². The lowest BCUT2D eigenvalue weighted by Gasteiger charge is -2.28. The van der Waals surface area contributed by atoms with Gasteiger partial charge in [-0.1, -0.05) is 30.3 Å². The van der Waals surface area contributed by atoms with Crippen LogP contribution < -0.4 is 5.73 Å². The molecule has 1 fully saturated rings. The van der Waals surface area contributed by atoms with E-state index in [1.807, 2.05) is 0 Å². The van der Waals surface area contributed by atoms with Gasteiger partial charge in [0, 0.05) is 0 Å². The van der Waals surface area contributed by atoms with E-state index in [4.69, 9.17) is 5.73 Å². The zero-order valence-corrected chi connectivity index (χ0v) is 10.6. The highest BCUT2D eigenvalue weighted by molar-refractivity contribution is 5.85. The van der Waals surface area contributed by atoms with Gasteiger partial charge in [0.1, 0.15) is 0 Å². The van der Waals surface area contributed by atoms with Gasteiger partial charge in [-0.05, 0) is 56.0 Å². The van der Waals surface area contributed by atoms with Gasteiger partial charge >= 0.3 is 0 Å². The van der Waals surface area contributed by atoms with Crippen molar-refractivity contribution in [3.63, 3.8) is 0 Å². The van der Waals surface area contributed by atoms with E-state index in [0.717, 1.165) is 18.4 Å². The van der Waals surface area contributed by atoms with Gasteiger partial charge in [-0.15, -0.1) is 12.4 Å². The second-order valence-corrected chi connectivity index (χ2v) is 4.71. The van der Waals surface area contributed by atoms with Crippen molar-refractivity contribution in [2.24, 2.45) is 11.7 Å². The summed E-state index contributed by atoms with van der Waals surface area (Å²) in [6.07, 6.45) is 6.68. The fourth-order valence-corrected chi connectivity index (χ4v) is 2.75. The van der Waals surface area contributed by atoms with Crippen LogP contribution in [0.15, 0.2) is 30.3 Å². The second kappa shape index (κ2) is 6.93. The molecule has 1 aliphatic carbocycles. The third-order valence-electron chi connectivity index (χ3n) is 3.69. The summed E-state index contributed by atoms with van der Waals surface area (Å²) < 4.78 is 0.